The van der Waals surface area contributed by atoms with Crippen molar-refractivity contribution in [3.63, 3.8) is 0 Å². The van der Waals surface area contributed by atoms with Gasteiger partial charge in [-0.15, -0.1) is 0 Å². The summed E-state index contributed by atoms with van der Waals surface area (Å²) in [6.07, 6.45) is 0.352. The molecule has 0 radical (unpaired) electrons. The number of rotatable bonds is 2. The minimum Gasteiger partial charge on any atom is -0.351 e. The molecule has 21 heavy (non-hydrogen) atoms. The van der Waals surface area contributed by atoms with E-state index in [4.69, 9.17) is 9.47 Å². The molecule has 2 heterocycles. The van der Waals surface area contributed by atoms with Gasteiger partial charge in [0, 0.05) is 12.0 Å². The highest BCUT2D eigenvalue weighted by atomic mass is 16.7. The molecule has 4 rings (SSSR count). The first-order valence-electron chi connectivity index (χ1n) is 7.27. The molecule has 2 aliphatic rings. The number of Topliss-reactive ketones (excluding diaryl/α,β-unsaturated/α-hetero) is 1. The van der Waals surface area contributed by atoms with E-state index in [9.17, 15) is 4.79 Å². The van der Waals surface area contributed by atoms with E-state index >= 15 is 0 Å². The van der Waals surface area contributed by atoms with E-state index < -0.39 is 0 Å². The lowest BCUT2D eigenvalue weighted by molar-refractivity contribution is -0.236. The number of carbonyl (C=O) groups excluding carboxylic acids is 1. The minimum absolute atomic E-state index is 0.0933. The summed E-state index contributed by atoms with van der Waals surface area (Å²) in [4.78, 5) is 12.7. The van der Waals surface area contributed by atoms with Gasteiger partial charge in [0.05, 0.1) is 18.6 Å². The average Bonchev–Trinajstić information content (AvgIpc) is 2.55. The first kappa shape index (κ1) is 12.7. The van der Waals surface area contributed by atoms with Crippen LogP contribution in [0, 0.1) is 5.92 Å². The van der Waals surface area contributed by atoms with Gasteiger partial charge in [-0.3, -0.25) is 4.79 Å². The van der Waals surface area contributed by atoms with Crippen LogP contribution in [0.1, 0.15) is 27.6 Å². The largest absolute Gasteiger partial charge is 0.351 e. The highest BCUT2D eigenvalue weighted by Crippen LogP contribution is 2.40. The molecule has 0 unspecified atom stereocenters. The molecule has 0 N–H and O–H groups in total. The normalized spacial score (nSPS) is 27.0. The lowest BCUT2D eigenvalue weighted by atomic mass is 9.84. The van der Waals surface area contributed by atoms with Gasteiger partial charge >= 0.3 is 0 Å². The van der Waals surface area contributed by atoms with Crippen LogP contribution in [0.5, 0.6) is 0 Å². The van der Waals surface area contributed by atoms with Gasteiger partial charge in [-0.05, 0) is 11.1 Å². The molecule has 0 aromatic heterocycles. The molecule has 3 atom stereocenters. The fourth-order valence-corrected chi connectivity index (χ4v) is 3.20. The topological polar surface area (TPSA) is 35.5 Å². The van der Waals surface area contributed by atoms with Crippen molar-refractivity contribution in [2.45, 2.75) is 18.8 Å². The van der Waals surface area contributed by atoms with E-state index in [-0.39, 0.29) is 24.1 Å². The molecule has 1 fully saturated rings. The molecular weight excluding hydrogens is 264 g/mol. The molecule has 0 saturated carbocycles. The highest BCUT2D eigenvalue weighted by Gasteiger charge is 2.41. The fraction of sp³-hybridized carbons (Fsp3) is 0.278. The van der Waals surface area contributed by atoms with Crippen molar-refractivity contribution in [1.82, 2.24) is 0 Å². The molecule has 2 bridgehead atoms. The standard InChI is InChI=1S/C18H16O3/c19-17(12-6-2-1-3-7-12)15-11-20-16-10-13-8-4-5-9-14(13)18(15)21-16/h1-9,15-16,18H,10-11H2/t15-,16-,18+/m1/s1. The Labute approximate surface area is 123 Å². The summed E-state index contributed by atoms with van der Waals surface area (Å²) >= 11 is 0. The number of ketones is 1. The van der Waals surface area contributed by atoms with Crippen LogP contribution in [0.4, 0.5) is 0 Å². The van der Waals surface area contributed by atoms with Crippen LogP contribution in [-0.4, -0.2) is 18.7 Å². The Bertz CT molecular complexity index is 665. The van der Waals surface area contributed by atoms with Crippen molar-refractivity contribution < 1.29 is 14.3 Å². The predicted molar refractivity (Wildman–Crippen MR) is 78.0 cm³/mol. The summed E-state index contributed by atoms with van der Waals surface area (Å²) in [6, 6.07) is 17.6. The Kier molecular flexibility index (Phi) is 3.09. The van der Waals surface area contributed by atoms with Crippen LogP contribution >= 0.6 is 0 Å². The summed E-state index contributed by atoms with van der Waals surface area (Å²) in [5, 5.41) is 0. The Balaban J connectivity index is 1.71. The third kappa shape index (κ3) is 2.19. The van der Waals surface area contributed by atoms with Gasteiger partial charge in [-0.2, -0.15) is 0 Å². The van der Waals surface area contributed by atoms with Crippen LogP contribution < -0.4 is 0 Å². The molecule has 3 nitrogen and oxygen atoms in total. The molecule has 3 heteroatoms. The maximum absolute atomic E-state index is 12.7. The van der Waals surface area contributed by atoms with Crippen LogP contribution in [0.15, 0.2) is 54.6 Å². The molecule has 2 aliphatic heterocycles. The van der Waals surface area contributed by atoms with Gasteiger partial charge < -0.3 is 9.47 Å². The van der Waals surface area contributed by atoms with Crippen molar-refractivity contribution in [2.75, 3.05) is 6.61 Å². The molecule has 106 valence electrons. The fourth-order valence-electron chi connectivity index (χ4n) is 3.20. The smallest absolute Gasteiger partial charge is 0.171 e. The van der Waals surface area contributed by atoms with Crippen LogP contribution in [0.25, 0.3) is 0 Å². The SMILES string of the molecule is O=C(c1ccccc1)[C@H]1CO[C@H]2Cc3ccccc3[C@@H]1O2. The minimum atomic E-state index is -0.273. The monoisotopic (exact) mass is 280 g/mol. The maximum atomic E-state index is 12.7. The molecular formula is C18H16O3. The summed E-state index contributed by atoms with van der Waals surface area (Å²) < 4.78 is 11.7. The van der Waals surface area contributed by atoms with E-state index in [2.05, 4.69) is 12.1 Å². The highest BCUT2D eigenvalue weighted by molar-refractivity contribution is 5.98. The van der Waals surface area contributed by atoms with E-state index in [0.29, 0.717) is 6.61 Å². The second-order valence-corrected chi connectivity index (χ2v) is 5.56. The molecule has 0 aliphatic carbocycles. The Hall–Kier alpha value is -1.97. The average molecular weight is 280 g/mol. The van der Waals surface area contributed by atoms with E-state index in [0.717, 1.165) is 17.5 Å². The summed E-state index contributed by atoms with van der Waals surface area (Å²) in [5.41, 5.74) is 3.08. The van der Waals surface area contributed by atoms with E-state index in [1.165, 1.54) is 5.56 Å². The van der Waals surface area contributed by atoms with Crippen LogP contribution in [0.2, 0.25) is 0 Å². The van der Waals surface area contributed by atoms with Crippen LogP contribution in [0.3, 0.4) is 0 Å². The van der Waals surface area contributed by atoms with Crippen molar-refractivity contribution >= 4 is 5.78 Å². The van der Waals surface area contributed by atoms with Crippen molar-refractivity contribution in [1.29, 1.82) is 0 Å². The first-order chi connectivity index (χ1) is 10.3. The summed E-state index contributed by atoms with van der Waals surface area (Å²) in [5.74, 6) is -0.180. The van der Waals surface area contributed by atoms with Gasteiger partial charge in [-0.1, -0.05) is 54.6 Å². The van der Waals surface area contributed by atoms with Gasteiger partial charge in [0.15, 0.2) is 12.1 Å². The van der Waals surface area contributed by atoms with Crippen molar-refractivity contribution in [3.05, 3.63) is 71.3 Å². The Morgan fingerprint density at radius 3 is 2.62 bits per heavy atom. The lowest BCUT2D eigenvalue weighted by Crippen LogP contribution is -2.43. The Morgan fingerprint density at radius 2 is 1.76 bits per heavy atom. The number of hydrogen-bond acceptors (Lipinski definition) is 3. The molecule has 2 aromatic carbocycles. The molecule has 2 aromatic rings. The van der Waals surface area contributed by atoms with E-state index in [1.54, 1.807) is 0 Å². The first-order valence-corrected chi connectivity index (χ1v) is 7.27. The third-order valence-corrected chi connectivity index (χ3v) is 4.27. The number of hydrogen-bond donors (Lipinski definition) is 0. The van der Waals surface area contributed by atoms with E-state index in [1.807, 2.05) is 42.5 Å². The summed E-state index contributed by atoms with van der Waals surface area (Å²) in [7, 11) is 0. The summed E-state index contributed by atoms with van der Waals surface area (Å²) in [6.45, 7) is 0.428. The predicted octanol–water partition coefficient (Wildman–Crippen LogP) is 3.16. The number of benzene rings is 2. The number of ether oxygens (including phenoxy) is 2. The number of carbonyl (C=O) groups is 1. The molecule has 0 spiro atoms. The van der Waals surface area contributed by atoms with Gasteiger partial charge in [0.2, 0.25) is 0 Å². The van der Waals surface area contributed by atoms with Crippen molar-refractivity contribution in [2.24, 2.45) is 5.92 Å². The van der Waals surface area contributed by atoms with Crippen LogP contribution in [-0.2, 0) is 15.9 Å². The second kappa shape index (κ2) is 5.10. The van der Waals surface area contributed by atoms with Gasteiger partial charge in [0.25, 0.3) is 0 Å². The van der Waals surface area contributed by atoms with Gasteiger partial charge in [-0.25, -0.2) is 0 Å². The quantitative estimate of drug-likeness (QED) is 0.793. The lowest BCUT2D eigenvalue weighted by Gasteiger charge is -2.40. The zero-order valence-corrected chi connectivity index (χ0v) is 11.6. The van der Waals surface area contributed by atoms with Gasteiger partial charge in [0.1, 0.15) is 0 Å². The second-order valence-electron chi connectivity index (χ2n) is 5.56. The Morgan fingerprint density at radius 1 is 1.00 bits per heavy atom. The maximum Gasteiger partial charge on any atom is 0.171 e. The zero-order valence-electron chi connectivity index (χ0n) is 11.6. The third-order valence-electron chi connectivity index (χ3n) is 4.27. The molecule has 1 saturated heterocycles. The number of fused-ring (bicyclic) bond motifs is 4. The molecule has 0 amide bonds. The zero-order chi connectivity index (χ0) is 14.2. The van der Waals surface area contributed by atoms with Crippen molar-refractivity contribution in [3.8, 4) is 0 Å².